The number of hydrogen-bond acceptors (Lipinski definition) is 5. The van der Waals surface area contributed by atoms with Crippen LogP contribution in [0.1, 0.15) is 31.7 Å². The maximum absolute atomic E-state index is 13.3. The summed E-state index contributed by atoms with van der Waals surface area (Å²) in [6.07, 6.45) is 2.43. The highest BCUT2D eigenvalue weighted by molar-refractivity contribution is 7.89. The van der Waals surface area contributed by atoms with Crippen LogP contribution in [0.5, 0.6) is 5.75 Å². The van der Waals surface area contributed by atoms with Gasteiger partial charge in [-0.25, -0.2) is 12.8 Å². The first-order chi connectivity index (χ1) is 13.3. The number of methoxy groups -OCH3 is 1. The maximum atomic E-state index is 13.3. The number of ether oxygens (including phenoxy) is 1. The van der Waals surface area contributed by atoms with Gasteiger partial charge in [0.2, 0.25) is 10.0 Å². The molecule has 9 heteroatoms. The molecule has 0 spiro atoms. The van der Waals surface area contributed by atoms with Gasteiger partial charge in [-0.15, -0.1) is 0 Å². The summed E-state index contributed by atoms with van der Waals surface area (Å²) >= 11 is 0. The average molecular weight is 410 g/mol. The van der Waals surface area contributed by atoms with Gasteiger partial charge in [0.25, 0.3) is 5.69 Å². The Morgan fingerprint density at radius 3 is 2.39 bits per heavy atom. The largest absolute Gasteiger partial charge is 0.495 e. The molecule has 0 amide bonds. The predicted octanol–water partition coefficient (Wildman–Crippen LogP) is 4.12. The minimum absolute atomic E-state index is 0.0620. The van der Waals surface area contributed by atoms with Crippen molar-refractivity contribution in [2.75, 3.05) is 13.7 Å². The van der Waals surface area contributed by atoms with Crippen LogP contribution in [0.4, 0.5) is 10.1 Å². The van der Waals surface area contributed by atoms with Crippen molar-refractivity contribution in [2.45, 2.75) is 37.6 Å². The molecule has 0 saturated carbocycles. The molecule has 0 bridgehead atoms. The Morgan fingerprint density at radius 1 is 1.14 bits per heavy atom. The van der Waals surface area contributed by atoms with E-state index in [1.54, 1.807) is 0 Å². The zero-order valence-electron chi connectivity index (χ0n) is 15.8. The van der Waals surface area contributed by atoms with Crippen molar-refractivity contribution < 1.29 is 22.5 Å². The molecule has 7 nitrogen and oxygen atoms in total. The van der Waals surface area contributed by atoms with E-state index >= 15 is 0 Å². The number of non-ortho nitro benzene ring substituents is 1. The smallest absolute Gasteiger partial charge is 0.273 e. The van der Waals surface area contributed by atoms with Crippen LogP contribution in [0, 0.1) is 15.9 Å². The molecule has 28 heavy (non-hydrogen) atoms. The lowest BCUT2D eigenvalue weighted by Crippen LogP contribution is -2.32. The second-order valence-corrected chi connectivity index (χ2v) is 8.17. The van der Waals surface area contributed by atoms with Gasteiger partial charge in [-0.3, -0.25) is 10.1 Å². The van der Waals surface area contributed by atoms with Crippen molar-refractivity contribution in [1.29, 1.82) is 0 Å². The average Bonchev–Trinajstić information content (AvgIpc) is 2.68. The van der Waals surface area contributed by atoms with E-state index in [1.807, 2.05) is 6.92 Å². The van der Waals surface area contributed by atoms with E-state index in [4.69, 9.17) is 4.74 Å². The SMILES string of the molecule is CCCCCN(Cc1ccc(F)cc1)S(=O)(=O)c1ccc([N+](=O)[O-])cc1OC. The Labute approximate surface area is 163 Å². The summed E-state index contributed by atoms with van der Waals surface area (Å²) in [5, 5.41) is 11.0. The zero-order valence-corrected chi connectivity index (χ0v) is 16.6. The van der Waals surface area contributed by atoms with Crippen molar-refractivity contribution in [3.8, 4) is 5.75 Å². The number of nitro groups is 1. The highest BCUT2D eigenvalue weighted by Gasteiger charge is 2.29. The van der Waals surface area contributed by atoms with Crippen LogP contribution in [0.25, 0.3) is 0 Å². The van der Waals surface area contributed by atoms with E-state index in [-0.39, 0.29) is 29.4 Å². The number of nitro benzene ring substituents is 1. The summed E-state index contributed by atoms with van der Waals surface area (Å²) in [5.41, 5.74) is 0.384. The Bertz CT molecular complexity index is 916. The third-order valence-electron chi connectivity index (χ3n) is 4.26. The molecule has 0 radical (unpaired) electrons. The van der Waals surface area contributed by atoms with Crippen molar-refractivity contribution in [1.82, 2.24) is 4.31 Å². The van der Waals surface area contributed by atoms with Crippen molar-refractivity contribution in [3.05, 3.63) is 64.0 Å². The van der Waals surface area contributed by atoms with Gasteiger partial charge in [-0.1, -0.05) is 31.9 Å². The Balaban J connectivity index is 2.41. The standard InChI is InChI=1S/C19H23FN2O5S/c1-3-4-5-12-21(14-15-6-8-16(20)9-7-15)28(25,26)19-11-10-17(22(23)24)13-18(19)27-2/h6-11,13H,3-5,12,14H2,1-2H3. The van der Waals surface area contributed by atoms with Crippen molar-refractivity contribution in [3.63, 3.8) is 0 Å². The van der Waals surface area contributed by atoms with E-state index in [9.17, 15) is 22.9 Å². The lowest BCUT2D eigenvalue weighted by Gasteiger charge is -2.23. The summed E-state index contributed by atoms with van der Waals surface area (Å²) in [6, 6.07) is 9.03. The first kappa shape index (κ1) is 21.8. The van der Waals surface area contributed by atoms with Gasteiger partial charge >= 0.3 is 0 Å². The molecule has 2 rings (SSSR count). The molecule has 0 heterocycles. The van der Waals surface area contributed by atoms with Crippen LogP contribution >= 0.6 is 0 Å². The molecule has 0 unspecified atom stereocenters. The summed E-state index contributed by atoms with van der Waals surface area (Å²) in [6.45, 7) is 2.35. The Morgan fingerprint density at radius 2 is 1.82 bits per heavy atom. The van der Waals surface area contributed by atoms with E-state index in [1.165, 1.54) is 41.7 Å². The number of benzene rings is 2. The molecule has 0 saturated heterocycles. The van der Waals surface area contributed by atoms with Gasteiger partial charge in [0.15, 0.2) is 0 Å². The van der Waals surface area contributed by atoms with Crippen molar-refractivity contribution >= 4 is 15.7 Å². The molecule has 152 valence electrons. The predicted molar refractivity (Wildman–Crippen MR) is 103 cm³/mol. The number of nitrogens with zero attached hydrogens (tertiary/aromatic N) is 2. The van der Waals surface area contributed by atoms with Crippen LogP contribution in [-0.2, 0) is 16.6 Å². The fourth-order valence-electron chi connectivity index (χ4n) is 2.74. The number of unbranched alkanes of at least 4 members (excludes halogenated alkanes) is 2. The quantitative estimate of drug-likeness (QED) is 0.334. The highest BCUT2D eigenvalue weighted by Crippen LogP contribution is 2.31. The topological polar surface area (TPSA) is 89.8 Å². The van der Waals surface area contributed by atoms with Gasteiger partial charge < -0.3 is 4.74 Å². The fourth-order valence-corrected chi connectivity index (χ4v) is 4.34. The van der Waals surface area contributed by atoms with Gasteiger partial charge in [0, 0.05) is 19.2 Å². The normalized spacial score (nSPS) is 11.6. The molecule has 0 aliphatic heterocycles. The van der Waals surface area contributed by atoms with Crippen LogP contribution in [0.3, 0.4) is 0 Å². The zero-order chi connectivity index (χ0) is 20.7. The van der Waals surface area contributed by atoms with Gasteiger partial charge in [-0.05, 0) is 30.2 Å². The fraction of sp³-hybridized carbons (Fsp3) is 0.368. The minimum Gasteiger partial charge on any atom is -0.495 e. The van der Waals surface area contributed by atoms with Crippen LogP contribution in [0.2, 0.25) is 0 Å². The molecule has 0 aliphatic carbocycles. The minimum atomic E-state index is -3.98. The Kier molecular flexibility index (Phi) is 7.47. The number of rotatable bonds is 10. The lowest BCUT2D eigenvalue weighted by atomic mass is 10.2. The van der Waals surface area contributed by atoms with E-state index in [0.717, 1.165) is 25.0 Å². The second-order valence-electron chi connectivity index (χ2n) is 6.26. The first-order valence-electron chi connectivity index (χ1n) is 8.86. The monoisotopic (exact) mass is 410 g/mol. The molecule has 0 fully saturated rings. The summed E-state index contributed by atoms with van der Waals surface area (Å²) in [4.78, 5) is 10.2. The number of halogens is 1. The maximum Gasteiger partial charge on any atom is 0.273 e. The van der Waals surface area contributed by atoms with E-state index in [2.05, 4.69) is 0 Å². The summed E-state index contributed by atoms with van der Waals surface area (Å²) in [5.74, 6) is -0.491. The third kappa shape index (κ3) is 5.26. The van der Waals surface area contributed by atoms with Crippen LogP contribution < -0.4 is 4.74 Å². The molecule has 2 aromatic rings. The second kappa shape index (κ2) is 9.61. The lowest BCUT2D eigenvalue weighted by molar-refractivity contribution is -0.385. The summed E-state index contributed by atoms with van der Waals surface area (Å²) in [7, 11) is -2.72. The van der Waals surface area contributed by atoms with E-state index in [0.29, 0.717) is 12.0 Å². The Hall–Kier alpha value is -2.52. The van der Waals surface area contributed by atoms with Gasteiger partial charge in [0.05, 0.1) is 18.1 Å². The van der Waals surface area contributed by atoms with Gasteiger partial charge in [0.1, 0.15) is 16.5 Å². The van der Waals surface area contributed by atoms with Crippen LogP contribution in [-0.4, -0.2) is 31.3 Å². The number of sulfonamides is 1. The first-order valence-corrected chi connectivity index (χ1v) is 10.3. The third-order valence-corrected chi connectivity index (χ3v) is 6.14. The molecular weight excluding hydrogens is 387 g/mol. The van der Waals surface area contributed by atoms with Gasteiger partial charge in [-0.2, -0.15) is 4.31 Å². The molecule has 0 aromatic heterocycles. The molecular formula is C19H23FN2O5S. The molecule has 2 aromatic carbocycles. The summed E-state index contributed by atoms with van der Waals surface area (Å²) < 4.78 is 46.1. The molecule has 0 aliphatic rings. The van der Waals surface area contributed by atoms with Crippen molar-refractivity contribution in [2.24, 2.45) is 0 Å². The molecule has 0 N–H and O–H groups in total. The van der Waals surface area contributed by atoms with Crippen LogP contribution in [0.15, 0.2) is 47.4 Å². The van der Waals surface area contributed by atoms with E-state index < -0.39 is 20.8 Å². The highest BCUT2D eigenvalue weighted by atomic mass is 32.2. The molecule has 0 atom stereocenters. The number of hydrogen-bond donors (Lipinski definition) is 0.